The first-order valence-corrected chi connectivity index (χ1v) is 7.98. The van der Waals surface area contributed by atoms with Crippen LogP contribution in [0.2, 0.25) is 4.34 Å². The standard InChI is InChI=1S/C13H13ClN6O2S/c1-20(6-8-2-3-9(14)23-8)11(21)5-4-10-17-13(19-22-10)12-15-7-16-18-12/h2-3,7H,4-6H2,1H3,(H,15,16,18). The van der Waals surface area contributed by atoms with Crippen LogP contribution in [0.25, 0.3) is 11.6 Å². The van der Waals surface area contributed by atoms with Gasteiger partial charge in [-0.05, 0) is 12.1 Å². The van der Waals surface area contributed by atoms with Crippen LogP contribution in [0.4, 0.5) is 0 Å². The minimum Gasteiger partial charge on any atom is -0.341 e. The molecule has 3 aromatic rings. The summed E-state index contributed by atoms with van der Waals surface area (Å²) in [5, 5.41) is 10.2. The van der Waals surface area contributed by atoms with Crippen molar-refractivity contribution in [3.8, 4) is 11.6 Å². The van der Waals surface area contributed by atoms with Gasteiger partial charge >= 0.3 is 0 Å². The van der Waals surface area contributed by atoms with Gasteiger partial charge < -0.3 is 9.42 Å². The van der Waals surface area contributed by atoms with E-state index in [1.165, 1.54) is 17.7 Å². The average Bonchev–Trinajstić information content (AvgIpc) is 3.26. The molecule has 0 spiro atoms. The van der Waals surface area contributed by atoms with Gasteiger partial charge in [0.25, 0.3) is 0 Å². The third kappa shape index (κ3) is 3.93. The van der Waals surface area contributed by atoms with E-state index < -0.39 is 0 Å². The van der Waals surface area contributed by atoms with Crippen LogP contribution in [0.15, 0.2) is 23.0 Å². The van der Waals surface area contributed by atoms with Gasteiger partial charge in [-0.3, -0.25) is 9.89 Å². The molecule has 10 heteroatoms. The molecule has 0 aliphatic rings. The second-order valence-electron chi connectivity index (χ2n) is 4.80. The molecule has 3 rings (SSSR count). The summed E-state index contributed by atoms with van der Waals surface area (Å²) >= 11 is 7.35. The molecular weight excluding hydrogens is 340 g/mol. The number of rotatable bonds is 6. The molecule has 1 amide bonds. The lowest BCUT2D eigenvalue weighted by atomic mass is 10.2. The van der Waals surface area contributed by atoms with Gasteiger partial charge in [-0.15, -0.1) is 11.3 Å². The number of carbonyl (C=O) groups excluding carboxylic acids is 1. The van der Waals surface area contributed by atoms with Gasteiger partial charge in [-0.2, -0.15) is 10.1 Å². The predicted molar refractivity (Wildman–Crippen MR) is 83.8 cm³/mol. The van der Waals surface area contributed by atoms with Crippen molar-refractivity contribution in [3.05, 3.63) is 33.6 Å². The summed E-state index contributed by atoms with van der Waals surface area (Å²) in [7, 11) is 1.75. The third-order valence-corrected chi connectivity index (χ3v) is 4.31. The Morgan fingerprint density at radius 2 is 2.35 bits per heavy atom. The Morgan fingerprint density at radius 3 is 3.04 bits per heavy atom. The maximum absolute atomic E-state index is 12.1. The molecule has 120 valence electrons. The van der Waals surface area contributed by atoms with Crippen LogP contribution >= 0.6 is 22.9 Å². The van der Waals surface area contributed by atoms with E-state index in [-0.39, 0.29) is 12.3 Å². The van der Waals surface area contributed by atoms with Crippen molar-refractivity contribution < 1.29 is 9.32 Å². The first-order valence-electron chi connectivity index (χ1n) is 6.78. The normalized spacial score (nSPS) is 10.9. The molecule has 0 radical (unpaired) electrons. The molecule has 0 saturated heterocycles. The molecule has 0 saturated carbocycles. The highest BCUT2D eigenvalue weighted by molar-refractivity contribution is 7.16. The Kier molecular flexibility index (Phi) is 4.68. The number of thiophene rings is 1. The number of hydrogen-bond donors (Lipinski definition) is 1. The number of aromatic amines is 1. The summed E-state index contributed by atoms with van der Waals surface area (Å²) in [5.41, 5.74) is 0. The maximum Gasteiger partial charge on any atom is 0.239 e. The lowest BCUT2D eigenvalue weighted by Gasteiger charge is -2.15. The molecule has 0 fully saturated rings. The molecule has 1 N–H and O–H groups in total. The Labute approximate surface area is 140 Å². The molecule has 0 aromatic carbocycles. The first-order chi connectivity index (χ1) is 11.1. The van der Waals surface area contributed by atoms with Crippen molar-refractivity contribution in [2.45, 2.75) is 19.4 Å². The van der Waals surface area contributed by atoms with E-state index in [2.05, 4.69) is 25.3 Å². The second kappa shape index (κ2) is 6.88. The van der Waals surface area contributed by atoms with E-state index in [0.29, 0.717) is 34.8 Å². The van der Waals surface area contributed by atoms with Crippen LogP contribution in [0.5, 0.6) is 0 Å². The summed E-state index contributed by atoms with van der Waals surface area (Å²) in [6.07, 6.45) is 2.02. The molecule has 0 unspecified atom stereocenters. The second-order valence-corrected chi connectivity index (χ2v) is 6.60. The van der Waals surface area contributed by atoms with Crippen LogP contribution < -0.4 is 0 Å². The van der Waals surface area contributed by atoms with Crippen molar-refractivity contribution in [3.63, 3.8) is 0 Å². The fourth-order valence-electron chi connectivity index (χ4n) is 1.93. The number of aryl methyl sites for hydroxylation is 1. The fourth-order valence-corrected chi connectivity index (χ4v) is 3.07. The predicted octanol–water partition coefficient (Wildman–Crippen LogP) is 2.16. The Bertz CT molecular complexity index is 784. The number of H-pyrrole nitrogens is 1. The molecule has 0 aliphatic heterocycles. The van der Waals surface area contributed by atoms with E-state index in [0.717, 1.165) is 4.88 Å². The highest BCUT2D eigenvalue weighted by Gasteiger charge is 2.15. The maximum atomic E-state index is 12.1. The Hall–Kier alpha value is -2.26. The third-order valence-electron chi connectivity index (χ3n) is 3.10. The number of aromatic nitrogens is 5. The van der Waals surface area contributed by atoms with Crippen molar-refractivity contribution in [2.75, 3.05) is 7.05 Å². The van der Waals surface area contributed by atoms with Crippen LogP contribution in [0.1, 0.15) is 17.2 Å². The van der Waals surface area contributed by atoms with Crippen molar-refractivity contribution in [1.82, 2.24) is 30.2 Å². The van der Waals surface area contributed by atoms with Crippen molar-refractivity contribution in [2.24, 2.45) is 0 Å². The zero-order valence-electron chi connectivity index (χ0n) is 12.2. The minimum atomic E-state index is -0.00561. The topological polar surface area (TPSA) is 101 Å². The summed E-state index contributed by atoms with van der Waals surface area (Å²) in [6, 6.07) is 3.74. The van der Waals surface area contributed by atoms with E-state index in [4.69, 9.17) is 16.1 Å². The minimum absolute atomic E-state index is 0.00561. The van der Waals surface area contributed by atoms with E-state index >= 15 is 0 Å². The molecular formula is C13H13ClN6O2S. The van der Waals surface area contributed by atoms with Crippen molar-refractivity contribution >= 4 is 28.8 Å². The largest absolute Gasteiger partial charge is 0.341 e. The van der Waals surface area contributed by atoms with Gasteiger partial charge in [0, 0.05) is 24.8 Å². The summed E-state index contributed by atoms with van der Waals surface area (Å²) in [4.78, 5) is 22.9. The molecule has 0 atom stereocenters. The zero-order chi connectivity index (χ0) is 16.2. The van der Waals surface area contributed by atoms with E-state index in [9.17, 15) is 4.79 Å². The molecule has 3 heterocycles. The van der Waals surface area contributed by atoms with E-state index in [1.807, 2.05) is 12.1 Å². The van der Waals surface area contributed by atoms with Gasteiger partial charge in [0.15, 0.2) is 5.82 Å². The Balaban J connectivity index is 1.52. The van der Waals surface area contributed by atoms with Gasteiger partial charge in [-0.25, -0.2) is 4.98 Å². The quantitative estimate of drug-likeness (QED) is 0.729. The molecule has 8 nitrogen and oxygen atoms in total. The molecule has 0 bridgehead atoms. The lowest BCUT2D eigenvalue weighted by molar-refractivity contribution is -0.130. The zero-order valence-corrected chi connectivity index (χ0v) is 13.8. The number of nitrogens with zero attached hydrogens (tertiary/aromatic N) is 5. The van der Waals surface area contributed by atoms with Crippen molar-refractivity contribution in [1.29, 1.82) is 0 Å². The van der Waals surface area contributed by atoms with Gasteiger partial charge in [-0.1, -0.05) is 16.8 Å². The SMILES string of the molecule is CN(Cc1ccc(Cl)s1)C(=O)CCc1nc(-c2ncn[nH]2)no1. The molecule has 3 aromatic heterocycles. The molecule has 23 heavy (non-hydrogen) atoms. The summed E-state index contributed by atoms with van der Waals surface area (Å²) < 4.78 is 5.82. The fraction of sp³-hybridized carbons (Fsp3) is 0.308. The van der Waals surface area contributed by atoms with Gasteiger partial charge in [0.2, 0.25) is 17.6 Å². The number of amides is 1. The molecule has 0 aliphatic carbocycles. The highest BCUT2D eigenvalue weighted by atomic mass is 35.5. The number of nitrogens with one attached hydrogen (secondary N) is 1. The number of halogens is 1. The smallest absolute Gasteiger partial charge is 0.239 e. The number of hydrogen-bond acceptors (Lipinski definition) is 7. The van der Waals surface area contributed by atoms with Crippen LogP contribution in [-0.2, 0) is 17.8 Å². The summed E-state index contributed by atoms with van der Waals surface area (Å²) in [6.45, 7) is 0.531. The highest BCUT2D eigenvalue weighted by Crippen LogP contribution is 2.22. The van der Waals surface area contributed by atoms with Crippen LogP contribution in [0.3, 0.4) is 0 Å². The van der Waals surface area contributed by atoms with Gasteiger partial charge in [0.05, 0.1) is 10.9 Å². The lowest BCUT2D eigenvalue weighted by Crippen LogP contribution is -2.26. The van der Waals surface area contributed by atoms with Crippen LogP contribution in [-0.4, -0.2) is 43.2 Å². The van der Waals surface area contributed by atoms with Gasteiger partial charge in [0.1, 0.15) is 6.33 Å². The Morgan fingerprint density at radius 1 is 1.48 bits per heavy atom. The summed E-state index contributed by atoms with van der Waals surface area (Å²) in [5.74, 6) is 1.14. The monoisotopic (exact) mass is 352 g/mol. The number of carbonyl (C=O) groups is 1. The van der Waals surface area contributed by atoms with Crippen LogP contribution in [0, 0.1) is 0 Å². The first kappa shape index (κ1) is 15.6. The van der Waals surface area contributed by atoms with E-state index in [1.54, 1.807) is 11.9 Å². The average molecular weight is 353 g/mol.